The lowest BCUT2D eigenvalue weighted by Crippen LogP contribution is -2.02. The van der Waals surface area contributed by atoms with Gasteiger partial charge >= 0.3 is 0 Å². The number of benzene rings is 1. The summed E-state index contributed by atoms with van der Waals surface area (Å²) >= 11 is 6.02. The highest BCUT2D eigenvalue weighted by Gasteiger charge is 2.01. The van der Waals surface area contributed by atoms with Crippen LogP contribution in [-0.2, 0) is 6.54 Å². The van der Waals surface area contributed by atoms with E-state index >= 15 is 0 Å². The quantitative estimate of drug-likeness (QED) is 0.820. The van der Waals surface area contributed by atoms with Gasteiger partial charge in [-0.1, -0.05) is 29.8 Å². The minimum absolute atomic E-state index is 0.643. The van der Waals surface area contributed by atoms with E-state index in [1.54, 1.807) is 12.5 Å². The molecule has 2 aromatic rings. The topological polar surface area (TPSA) is 43.8 Å². The molecule has 2 N–H and O–H groups in total. The van der Waals surface area contributed by atoms with Crippen molar-refractivity contribution < 1.29 is 0 Å². The summed E-state index contributed by atoms with van der Waals surface area (Å²) in [5.41, 5.74) is 6.74. The number of nitrogens with two attached hydrogens (primary N) is 1. The Labute approximate surface area is 87.1 Å². The van der Waals surface area contributed by atoms with Crippen LogP contribution in [-0.4, -0.2) is 9.55 Å². The lowest BCUT2D eigenvalue weighted by molar-refractivity contribution is 0.808. The highest BCUT2D eigenvalue weighted by Crippen LogP contribution is 2.17. The summed E-state index contributed by atoms with van der Waals surface area (Å²) in [6.07, 6.45) is 3.31. The first kappa shape index (κ1) is 9.09. The van der Waals surface area contributed by atoms with Gasteiger partial charge in [-0.05, 0) is 11.6 Å². The molecule has 0 radical (unpaired) electrons. The predicted octanol–water partition coefficient (Wildman–Crippen LogP) is 2.17. The first-order valence-electron chi connectivity index (χ1n) is 4.26. The summed E-state index contributed by atoms with van der Waals surface area (Å²) in [5, 5.41) is 0.751. The second-order valence-electron chi connectivity index (χ2n) is 3.04. The van der Waals surface area contributed by atoms with Crippen molar-refractivity contribution in [2.24, 2.45) is 0 Å². The van der Waals surface area contributed by atoms with Gasteiger partial charge < -0.3 is 10.3 Å². The Morgan fingerprint density at radius 3 is 2.79 bits per heavy atom. The van der Waals surface area contributed by atoms with E-state index in [0.29, 0.717) is 12.4 Å². The van der Waals surface area contributed by atoms with E-state index in [2.05, 4.69) is 4.98 Å². The van der Waals surface area contributed by atoms with Gasteiger partial charge in [-0.2, -0.15) is 0 Å². The average molecular weight is 208 g/mol. The first-order valence-corrected chi connectivity index (χ1v) is 4.64. The zero-order valence-corrected chi connectivity index (χ0v) is 8.28. The van der Waals surface area contributed by atoms with Crippen LogP contribution in [0, 0.1) is 0 Å². The number of rotatable bonds is 2. The van der Waals surface area contributed by atoms with Crippen LogP contribution in [0.5, 0.6) is 0 Å². The number of aromatic nitrogens is 2. The maximum absolute atomic E-state index is 6.02. The van der Waals surface area contributed by atoms with E-state index in [1.165, 1.54) is 0 Å². The lowest BCUT2D eigenvalue weighted by atomic mass is 10.2. The van der Waals surface area contributed by atoms with Crippen molar-refractivity contribution in [2.45, 2.75) is 6.54 Å². The molecular weight excluding hydrogens is 198 g/mol. The van der Waals surface area contributed by atoms with Crippen LogP contribution in [0.15, 0.2) is 36.8 Å². The zero-order valence-electron chi connectivity index (χ0n) is 7.52. The maximum Gasteiger partial charge on any atom is 0.123 e. The fourth-order valence-corrected chi connectivity index (χ4v) is 1.47. The van der Waals surface area contributed by atoms with Crippen molar-refractivity contribution in [3.8, 4) is 0 Å². The average Bonchev–Trinajstić information content (AvgIpc) is 2.56. The molecule has 0 saturated carbocycles. The fraction of sp³-hybridized carbons (Fsp3) is 0.100. The third-order valence-corrected chi connectivity index (χ3v) is 2.41. The van der Waals surface area contributed by atoms with Gasteiger partial charge in [0.1, 0.15) is 5.82 Å². The van der Waals surface area contributed by atoms with E-state index < -0.39 is 0 Å². The molecule has 0 atom stereocenters. The van der Waals surface area contributed by atoms with Crippen LogP contribution in [0.4, 0.5) is 5.82 Å². The summed E-state index contributed by atoms with van der Waals surface area (Å²) in [6.45, 7) is 0.658. The van der Waals surface area contributed by atoms with Crippen LogP contribution < -0.4 is 5.73 Å². The number of hydrogen-bond acceptors (Lipinski definition) is 2. The molecule has 4 heteroatoms. The molecule has 0 aliphatic rings. The van der Waals surface area contributed by atoms with Crippen molar-refractivity contribution in [1.82, 2.24) is 9.55 Å². The summed E-state index contributed by atoms with van der Waals surface area (Å²) in [7, 11) is 0. The number of halogens is 1. The van der Waals surface area contributed by atoms with Crippen molar-refractivity contribution in [3.63, 3.8) is 0 Å². The molecule has 3 nitrogen and oxygen atoms in total. The van der Waals surface area contributed by atoms with Gasteiger partial charge in [0.2, 0.25) is 0 Å². The van der Waals surface area contributed by atoms with E-state index in [1.807, 2.05) is 28.8 Å². The Morgan fingerprint density at radius 2 is 2.14 bits per heavy atom. The minimum atomic E-state index is 0.643. The number of nitrogens with zero attached hydrogens (tertiary/aromatic N) is 2. The highest BCUT2D eigenvalue weighted by molar-refractivity contribution is 6.31. The number of anilines is 1. The van der Waals surface area contributed by atoms with Crippen molar-refractivity contribution in [2.75, 3.05) is 5.73 Å². The van der Waals surface area contributed by atoms with Gasteiger partial charge in [-0.15, -0.1) is 0 Å². The Kier molecular flexibility index (Phi) is 2.41. The van der Waals surface area contributed by atoms with Gasteiger partial charge in [-0.3, -0.25) is 0 Å². The summed E-state index contributed by atoms with van der Waals surface area (Å²) in [6, 6.07) is 7.70. The lowest BCUT2D eigenvalue weighted by Gasteiger charge is -2.06. The normalized spacial score (nSPS) is 10.4. The van der Waals surface area contributed by atoms with Crippen LogP contribution in [0.2, 0.25) is 5.02 Å². The second kappa shape index (κ2) is 3.72. The zero-order chi connectivity index (χ0) is 9.97. The summed E-state index contributed by atoms with van der Waals surface area (Å²) < 4.78 is 1.85. The van der Waals surface area contributed by atoms with E-state index in [4.69, 9.17) is 17.3 Å². The highest BCUT2D eigenvalue weighted by atomic mass is 35.5. The maximum atomic E-state index is 6.02. The van der Waals surface area contributed by atoms with E-state index in [9.17, 15) is 0 Å². The standard InChI is InChI=1S/C10H10ClN3/c11-9-4-2-1-3-8(9)6-14-7-13-5-10(14)12/h1-5,7H,6,12H2. The van der Waals surface area contributed by atoms with Gasteiger partial charge in [-0.25, -0.2) is 4.98 Å². The fourth-order valence-electron chi connectivity index (χ4n) is 1.27. The smallest absolute Gasteiger partial charge is 0.123 e. The van der Waals surface area contributed by atoms with E-state index in [-0.39, 0.29) is 0 Å². The molecule has 0 unspecified atom stereocenters. The number of imidazole rings is 1. The number of nitrogen functional groups attached to an aromatic ring is 1. The van der Waals surface area contributed by atoms with Crippen LogP contribution >= 0.6 is 11.6 Å². The Balaban J connectivity index is 2.28. The minimum Gasteiger partial charge on any atom is -0.384 e. The second-order valence-corrected chi connectivity index (χ2v) is 3.45. The third kappa shape index (κ3) is 1.72. The molecule has 0 fully saturated rings. The SMILES string of the molecule is Nc1cncn1Cc1ccccc1Cl. The summed E-state index contributed by atoms with van der Waals surface area (Å²) in [4.78, 5) is 3.94. The third-order valence-electron chi connectivity index (χ3n) is 2.04. The molecule has 14 heavy (non-hydrogen) atoms. The van der Waals surface area contributed by atoms with Gasteiger partial charge in [0.25, 0.3) is 0 Å². The molecule has 72 valence electrons. The number of hydrogen-bond donors (Lipinski definition) is 1. The van der Waals surface area contributed by atoms with Crippen molar-refractivity contribution in [3.05, 3.63) is 47.4 Å². The van der Waals surface area contributed by atoms with Crippen LogP contribution in [0.3, 0.4) is 0 Å². The van der Waals surface area contributed by atoms with Gasteiger partial charge in [0.05, 0.1) is 19.1 Å². The molecule has 1 aromatic heterocycles. The molecule has 0 bridgehead atoms. The summed E-state index contributed by atoms with van der Waals surface area (Å²) in [5.74, 6) is 0.643. The Hall–Kier alpha value is -1.48. The Morgan fingerprint density at radius 1 is 1.36 bits per heavy atom. The monoisotopic (exact) mass is 207 g/mol. The molecule has 2 rings (SSSR count). The molecule has 0 aliphatic carbocycles. The largest absolute Gasteiger partial charge is 0.384 e. The molecule has 1 heterocycles. The van der Waals surface area contributed by atoms with Crippen LogP contribution in [0.25, 0.3) is 0 Å². The van der Waals surface area contributed by atoms with Crippen LogP contribution in [0.1, 0.15) is 5.56 Å². The molecule has 0 aliphatic heterocycles. The van der Waals surface area contributed by atoms with Crippen molar-refractivity contribution >= 4 is 17.4 Å². The predicted molar refractivity (Wildman–Crippen MR) is 57.2 cm³/mol. The first-order chi connectivity index (χ1) is 6.77. The molecule has 1 aromatic carbocycles. The molecule has 0 amide bonds. The molecule has 0 spiro atoms. The van der Waals surface area contributed by atoms with Gasteiger partial charge in [0, 0.05) is 5.02 Å². The molecular formula is C10H10ClN3. The Bertz CT molecular complexity index is 436. The van der Waals surface area contributed by atoms with Gasteiger partial charge in [0.15, 0.2) is 0 Å². The van der Waals surface area contributed by atoms with E-state index in [0.717, 1.165) is 10.6 Å². The molecule has 0 saturated heterocycles. The van der Waals surface area contributed by atoms with Crippen molar-refractivity contribution in [1.29, 1.82) is 0 Å².